The molecule has 0 radical (unpaired) electrons. The van der Waals surface area contributed by atoms with Gasteiger partial charge in [0.15, 0.2) is 5.76 Å². The Labute approximate surface area is 137 Å². The molecular weight excluding hydrogens is 318 g/mol. The van der Waals surface area contributed by atoms with E-state index >= 15 is 0 Å². The van der Waals surface area contributed by atoms with Crippen LogP contribution in [0.4, 0.5) is 14.5 Å². The lowest BCUT2D eigenvalue weighted by Gasteiger charge is -2.18. The van der Waals surface area contributed by atoms with Crippen LogP contribution in [0.3, 0.4) is 0 Å². The first-order valence-electron chi connectivity index (χ1n) is 7.66. The van der Waals surface area contributed by atoms with E-state index in [2.05, 4.69) is 5.32 Å². The van der Waals surface area contributed by atoms with Gasteiger partial charge in [0.25, 0.3) is 5.91 Å². The van der Waals surface area contributed by atoms with Crippen molar-refractivity contribution in [2.75, 3.05) is 11.4 Å². The average Bonchev–Trinajstić information content (AvgIpc) is 3.16. The number of amides is 2. The van der Waals surface area contributed by atoms with Gasteiger partial charge in [-0.2, -0.15) is 0 Å². The summed E-state index contributed by atoms with van der Waals surface area (Å²) < 4.78 is 33.0. The first kappa shape index (κ1) is 16.2. The highest BCUT2D eigenvalue weighted by Crippen LogP contribution is 2.27. The van der Waals surface area contributed by atoms with Gasteiger partial charge in [0.1, 0.15) is 29.1 Å². The molecule has 1 N–H and O–H groups in total. The lowest BCUT2D eigenvalue weighted by molar-refractivity contribution is -0.118. The van der Waals surface area contributed by atoms with Crippen molar-refractivity contribution < 1.29 is 22.8 Å². The molecule has 5 nitrogen and oxygen atoms in total. The lowest BCUT2D eigenvalue weighted by Crippen LogP contribution is -2.41. The zero-order valence-electron chi connectivity index (χ0n) is 13.0. The van der Waals surface area contributed by atoms with Gasteiger partial charge < -0.3 is 14.6 Å². The number of anilines is 1. The second kappa shape index (κ2) is 6.43. The Kier molecular flexibility index (Phi) is 4.33. The molecule has 1 saturated heterocycles. The summed E-state index contributed by atoms with van der Waals surface area (Å²) in [5, 5.41) is 2.55. The van der Waals surface area contributed by atoms with Gasteiger partial charge in [0, 0.05) is 13.0 Å². The van der Waals surface area contributed by atoms with Crippen LogP contribution in [0, 0.1) is 11.6 Å². The molecule has 2 aromatic rings. The van der Waals surface area contributed by atoms with Crippen LogP contribution in [0.5, 0.6) is 0 Å². The molecule has 1 aromatic carbocycles. The maximum absolute atomic E-state index is 13.8. The molecule has 0 aliphatic carbocycles. The largest absolute Gasteiger partial charge is 0.456 e. The minimum Gasteiger partial charge on any atom is -0.456 e. The number of rotatable bonds is 4. The monoisotopic (exact) mass is 334 g/mol. The summed E-state index contributed by atoms with van der Waals surface area (Å²) in [5.41, 5.74) is -0.384. The number of hydrogen-bond acceptors (Lipinski definition) is 3. The van der Waals surface area contributed by atoms with E-state index in [9.17, 15) is 18.4 Å². The third-order valence-corrected chi connectivity index (χ3v) is 3.95. The van der Waals surface area contributed by atoms with Gasteiger partial charge in [-0.05, 0) is 30.7 Å². The van der Waals surface area contributed by atoms with Crippen LogP contribution >= 0.6 is 0 Å². The van der Waals surface area contributed by atoms with E-state index in [-0.39, 0.29) is 24.4 Å². The Morgan fingerprint density at radius 1 is 1.29 bits per heavy atom. The summed E-state index contributed by atoms with van der Waals surface area (Å²) >= 11 is 0. The Morgan fingerprint density at radius 3 is 2.62 bits per heavy atom. The van der Waals surface area contributed by atoms with Crippen molar-refractivity contribution in [3.05, 3.63) is 53.5 Å². The standard InChI is InChI=1S/C17H16F2N2O3/c1-2-10-6-7-14(24-10)16(22)20-13-8-9-21(17(13)23)15-11(18)4-3-5-12(15)19/h3-7,13H,2,8-9H2,1H3,(H,20,22)/t13-/m1/s1. The van der Waals surface area contributed by atoms with E-state index in [1.807, 2.05) is 6.92 Å². The number of carbonyl (C=O) groups excluding carboxylic acids is 2. The molecule has 0 unspecified atom stereocenters. The van der Waals surface area contributed by atoms with Crippen molar-refractivity contribution in [3.63, 3.8) is 0 Å². The van der Waals surface area contributed by atoms with Crippen molar-refractivity contribution in [1.82, 2.24) is 5.32 Å². The van der Waals surface area contributed by atoms with Crippen LogP contribution in [-0.4, -0.2) is 24.4 Å². The van der Waals surface area contributed by atoms with Gasteiger partial charge in [0.05, 0.1) is 0 Å². The molecule has 1 aliphatic rings. The SMILES string of the molecule is CCc1ccc(C(=O)N[C@@H]2CCN(c3c(F)cccc3F)C2=O)o1. The molecule has 2 amide bonds. The quantitative estimate of drug-likeness (QED) is 0.935. The predicted molar refractivity (Wildman–Crippen MR) is 82.7 cm³/mol. The molecule has 2 heterocycles. The molecule has 1 aromatic heterocycles. The maximum Gasteiger partial charge on any atom is 0.287 e. The predicted octanol–water partition coefficient (Wildman–Crippen LogP) is 2.66. The van der Waals surface area contributed by atoms with Crippen LogP contribution in [0.15, 0.2) is 34.7 Å². The number of para-hydroxylation sites is 1. The molecule has 3 rings (SSSR count). The van der Waals surface area contributed by atoms with Crippen molar-refractivity contribution in [3.8, 4) is 0 Å². The third-order valence-electron chi connectivity index (χ3n) is 3.95. The molecule has 0 bridgehead atoms. The topological polar surface area (TPSA) is 62.6 Å². The van der Waals surface area contributed by atoms with Crippen molar-refractivity contribution in [2.45, 2.75) is 25.8 Å². The normalized spacial score (nSPS) is 17.4. The van der Waals surface area contributed by atoms with Crippen molar-refractivity contribution in [2.24, 2.45) is 0 Å². The summed E-state index contributed by atoms with van der Waals surface area (Å²) in [4.78, 5) is 25.5. The second-order valence-electron chi connectivity index (χ2n) is 5.49. The van der Waals surface area contributed by atoms with Crippen LogP contribution < -0.4 is 10.2 Å². The minimum absolute atomic E-state index is 0.107. The Morgan fingerprint density at radius 2 is 2.00 bits per heavy atom. The number of carbonyl (C=O) groups is 2. The van der Waals surface area contributed by atoms with Gasteiger partial charge in [0.2, 0.25) is 5.91 Å². The van der Waals surface area contributed by atoms with E-state index in [1.54, 1.807) is 6.07 Å². The average molecular weight is 334 g/mol. The zero-order valence-corrected chi connectivity index (χ0v) is 13.0. The molecule has 1 fully saturated rings. The Hall–Kier alpha value is -2.70. The van der Waals surface area contributed by atoms with E-state index in [4.69, 9.17) is 4.42 Å². The number of benzene rings is 1. The third kappa shape index (κ3) is 2.89. The number of hydrogen-bond donors (Lipinski definition) is 1. The fraction of sp³-hybridized carbons (Fsp3) is 0.294. The molecule has 1 aliphatic heterocycles. The van der Waals surface area contributed by atoms with Crippen LogP contribution in [0.2, 0.25) is 0 Å². The fourth-order valence-corrected chi connectivity index (χ4v) is 2.70. The van der Waals surface area contributed by atoms with E-state index in [0.29, 0.717) is 12.2 Å². The zero-order chi connectivity index (χ0) is 17.3. The smallest absolute Gasteiger partial charge is 0.287 e. The molecule has 1 atom stereocenters. The summed E-state index contributed by atoms with van der Waals surface area (Å²) in [5.74, 6) is -1.93. The summed E-state index contributed by atoms with van der Waals surface area (Å²) in [7, 11) is 0. The van der Waals surface area contributed by atoms with Crippen molar-refractivity contribution >= 4 is 17.5 Å². The highest BCUT2D eigenvalue weighted by molar-refractivity contribution is 6.03. The molecule has 7 heteroatoms. The minimum atomic E-state index is -0.841. The van der Waals surface area contributed by atoms with Gasteiger partial charge in [-0.15, -0.1) is 0 Å². The number of nitrogens with one attached hydrogen (secondary N) is 1. The fourth-order valence-electron chi connectivity index (χ4n) is 2.70. The van der Waals surface area contributed by atoms with Crippen LogP contribution in [0.1, 0.15) is 29.7 Å². The van der Waals surface area contributed by atoms with E-state index in [1.165, 1.54) is 12.1 Å². The first-order valence-corrected chi connectivity index (χ1v) is 7.66. The molecule has 0 saturated carbocycles. The summed E-state index contributed by atoms with van der Waals surface area (Å²) in [6, 6.07) is 5.79. The van der Waals surface area contributed by atoms with E-state index in [0.717, 1.165) is 17.0 Å². The molecule has 126 valence electrons. The van der Waals surface area contributed by atoms with Crippen LogP contribution in [-0.2, 0) is 11.2 Å². The summed E-state index contributed by atoms with van der Waals surface area (Å²) in [6.45, 7) is 2.02. The van der Waals surface area contributed by atoms with Crippen molar-refractivity contribution in [1.29, 1.82) is 0 Å². The van der Waals surface area contributed by atoms with E-state index < -0.39 is 29.5 Å². The first-order chi connectivity index (χ1) is 11.5. The molecule has 0 spiro atoms. The maximum atomic E-state index is 13.8. The highest BCUT2D eigenvalue weighted by Gasteiger charge is 2.36. The Bertz CT molecular complexity index is 768. The number of furan rings is 1. The van der Waals surface area contributed by atoms with Gasteiger partial charge in [-0.25, -0.2) is 8.78 Å². The molecule has 24 heavy (non-hydrogen) atoms. The van der Waals surface area contributed by atoms with Crippen LogP contribution in [0.25, 0.3) is 0 Å². The number of halogens is 2. The second-order valence-corrected chi connectivity index (χ2v) is 5.49. The van der Waals surface area contributed by atoms with Gasteiger partial charge in [-0.1, -0.05) is 13.0 Å². The number of nitrogens with zero attached hydrogens (tertiary/aromatic N) is 1. The Balaban J connectivity index is 1.73. The number of aryl methyl sites for hydroxylation is 1. The van der Waals surface area contributed by atoms with Gasteiger partial charge >= 0.3 is 0 Å². The highest BCUT2D eigenvalue weighted by atomic mass is 19.1. The lowest BCUT2D eigenvalue weighted by atomic mass is 10.2. The molecular formula is C17H16F2N2O3. The van der Waals surface area contributed by atoms with Gasteiger partial charge in [-0.3, -0.25) is 9.59 Å². The summed E-state index contributed by atoms with van der Waals surface area (Å²) in [6.07, 6.45) is 0.912.